The number of anilines is 1. The molecule has 19 heavy (non-hydrogen) atoms. The molecule has 100 valence electrons. The van der Waals surface area contributed by atoms with E-state index in [2.05, 4.69) is 20.4 Å². The monoisotopic (exact) mass is 264 g/mol. The molecule has 0 spiro atoms. The first-order valence-corrected chi connectivity index (χ1v) is 5.74. The van der Waals surface area contributed by atoms with E-state index >= 15 is 0 Å². The van der Waals surface area contributed by atoms with Crippen LogP contribution in [0.5, 0.6) is 0 Å². The van der Waals surface area contributed by atoms with Crippen molar-refractivity contribution in [1.82, 2.24) is 19.7 Å². The maximum Gasteiger partial charge on any atom is 0.269 e. The normalized spacial score (nSPS) is 10.4. The number of aromatic nitrogens is 4. The molecule has 2 heterocycles. The lowest BCUT2D eigenvalue weighted by Gasteiger charge is -2.06. The molecule has 0 aromatic carbocycles. The standard InChI is InChI=1S/C11H13FN6O/c1-2-4-14-11-15-6-7(12)10(16-11)18-5-3-8(17-18)9(13)19/h3,5-6H,2,4H2,1H3,(H2,13,19)(H,14,15,16). The molecule has 0 aliphatic heterocycles. The maximum atomic E-state index is 13.7. The Kier molecular flexibility index (Phi) is 3.69. The van der Waals surface area contributed by atoms with Crippen LogP contribution in [0.1, 0.15) is 23.8 Å². The van der Waals surface area contributed by atoms with Gasteiger partial charge in [0, 0.05) is 12.7 Å². The summed E-state index contributed by atoms with van der Waals surface area (Å²) in [5.74, 6) is -1.06. The summed E-state index contributed by atoms with van der Waals surface area (Å²) in [5, 5.41) is 6.79. The Bertz CT molecular complexity index is 597. The van der Waals surface area contributed by atoms with Gasteiger partial charge < -0.3 is 11.1 Å². The molecule has 1 amide bonds. The van der Waals surface area contributed by atoms with Crippen molar-refractivity contribution < 1.29 is 9.18 Å². The minimum Gasteiger partial charge on any atom is -0.364 e. The van der Waals surface area contributed by atoms with Crippen molar-refractivity contribution >= 4 is 11.9 Å². The van der Waals surface area contributed by atoms with Crippen LogP contribution in [0.2, 0.25) is 0 Å². The Hall–Kier alpha value is -2.51. The summed E-state index contributed by atoms with van der Waals surface area (Å²) in [7, 11) is 0. The Labute approximate surface area is 108 Å². The number of rotatable bonds is 5. The molecule has 0 radical (unpaired) electrons. The van der Waals surface area contributed by atoms with E-state index in [-0.39, 0.29) is 11.5 Å². The first-order valence-electron chi connectivity index (χ1n) is 5.74. The minimum absolute atomic E-state index is 0.0406. The van der Waals surface area contributed by atoms with Crippen LogP contribution in [0.15, 0.2) is 18.5 Å². The van der Waals surface area contributed by atoms with E-state index < -0.39 is 11.7 Å². The first kappa shape index (κ1) is 12.9. The van der Waals surface area contributed by atoms with Crippen LogP contribution in [0.4, 0.5) is 10.3 Å². The fraction of sp³-hybridized carbons (Fsp3) is 0.273. The van der Waals surface area contributed by atoms with E-state index in [9.17, 15) is 9.18 Å². The van der Waals surface area contributed by atoms with Gasteiger partial charge in [0.1, 0.15) is 5.69 Å². The number of amides is 1. The second-order valence-electron chi connectivity index (χ2n) is 3.80. The van der Waals surface area contributed by atoms with E-state index in [0.29, 0.717) is 12.5 Å². The SMILES string of the molecule is CCCNc1ncc(F)c(-n2ccc(C(N)=O)n2)n1. The van der Waals surface area contributed by atoms with Crippen molar-refractivity contribution in [3.63, 3.8) is 0 Å². The van der Waals surface area contributed by atoms with Gasteiger partial charge in [-0.25, -0.2) is 14.1 Å². The highest BCUT2D eigenvalue weighted by Crippen LogP contribution is 2.11. The van der Waals surface area contributed by atoms with E-state index in [4.69, 9.17) is 5.73 Å². The van der Waals surface area contributed by atoms with E-state index in [1.165, 1.54) is 12.3 Å². The first-order chi connectivity index (χ1) is 9.11. The quantitative estimate of drug-likeness (QED) is 0.829. The van der Waals surface area contributed by atoms with E-state index in [1.54, 1.807) is 0 Å². The number of halogens is 1. The lowest BCUT2D eigenvalue weighted by atomic mass is 10.4. The summed E-state index contributed by atoms with van der Waals surface area (Å²) in [6, 6.07) is 1.39. The lowest BCUT2D eigenvalue weighted by molar-refractivity contribution is 0.0995. The number of hydrogen-bond donors (Lipinski definition) is 2. The molecule has 0 saturated heterocycles. The molecule has 0 fully saturated rings. The molecule has 0 saturated carbocycles. The zero-order chi connectivity index (χ0) is 13.8. The molecule has 3 N–H and O–H groups in total. The molecule has 0 bridgehead atoms. The van der Waals surface area contributed by atoms with Crippen molar-refractivity contribution in [3.8, 4) is 5.82 Å². The molecule has 7 nitrogen and oxygen atoms in total. The van der Waals surface area contributed by atoms with Crippen molar-refractivity contribution in [2.24, 2.45) is 5.73 Å². The van der Waals surface area contributed by atoms with Gasteiger partial charge in [-0.05, 0) is 12.5 Å². The van der Waals surface area contributed by atoms with E-state index in [1.807, 2.05) is 6.92 Å². The second kappa shape index (κ2) is 5.42. The van der Waals surface area contributed by atoms with E-state index in [0.717, 1.165) is 17.3 Å². The Morgan fingerprint density at radius 1 is 1.58 bits per heavy atom. The minimum atomic E-state index is -0.683. The fourth-order valence-electron chi connectivity index (χ4n) is 1.41. The Balaban J connectivity index is 2.33. The highest BCUT2D eigenvalue weighted by Gasteiger charge is 2.12. The predicted octanol–water partition coefficient (Wildman–Crippen LogP) is 0.722. The van der Waals surface area contributed by atoms with Gasteiger partial charge in [0.15, 0.2) is 11.6 Å². The average Bonchev–Trinajstić information content (AvgIpc) is 2.87. The number of primary amides is 1. The number of hydrogen-bond acceptors (Lipinski definition) is 5. The third-order valence-electron chi connectivity index (χ3n) is 2.32. The summed E-state index contributed by atoms with van der Waals surface area (Å²) in [4.78, 5) is 18.8. The van der Waals surface area contributed by atoms with Crippen LogP contribution in [0.25, 0.3) is 5.82 Å². The van der Waals surface area contributed by atoms with Gasteiger partial charge in [0.25, 0.3) is 5.91 Å². The largest absolute Gasteiger partial charge is 0.364 e. The third-order valence-corrected chi connectivity index (χ3v) is 2.32. The van der Waals surface area contributed by atoms with Crippen LogP contribution in [0, 0.1) is 5.82 Å². The number of carbonyl (C=O) groups is 1. The fourth-order valence-corrected chi connectivity index (χ4v) is 1.41. The molecule has 0 aliphatic carbocycles. The van der Waals surface area contributed by atoms with Crippen LogP contribution < -0.4 is 11.1 Å². The summed E-state index contributed by atoms with van der Waals surface area (Å²) >= 11 is 0. The van der Waals surface area contributed by atoms with Crippen molar-refractivity contribution in [2.75, 3.05) is 11.9 Å². The smallest absolute Gasteiger partial charge is 0.269 e. The number of nitrogens with one attached hydrogen (secondary N) is 1. The second-order valence-corrected chi connectivity index (χ2v) is 3.80. The highest BCUT2D eigenvalue weighted by molar-refractivity contribution is 5.90. The van der Waals surface area contributed by atoms with Gasteiger partial charge in [0.2, 0.25) is 5.95 Å². The summed E-state index contributed by atoms with van der Waals surface area (Å²) in [6.07, 6.45) is 3.35. The topological polar surface area (TPSA) is 98.7 Å². The van der Waals surface area contributed by atoms with Gasteiger partial charge in [-0.1, -0.05) is 6.92 Å². The van der Waals surface area contributed by atoms with Crippen molar-refractivity contribution in [2.45, 2.75) is 13.3 Å². The summed E-state index contributed by atoms with van der Waals surface area (Å²) < 4.78 is 14.8. The molecule has 0 atom stereocenters. The Morgan fingerprint density at radius 3 is 3.00 bits per heavy atom. The number of nitrogens with zero attached hydrogens (tertiary/aromatic N) is 4. The molecule has 8 heteroatoms. The molecular formula is C11H13FN6O. The van der Waals surface area contributed by atoms with Crippen LogP contribution >= 0.6 is 0 Å². The van der Waals surface area contributed by atoms with Crippen molar-refractivity contribution in [3.05, 3.63) is 30.0 Å². The zero-order valence-corrected chi connectivity index (χ0v) is 10.3. The van der Waals surface area contributed by atoms with Gasteiger partial charge in [0.05, 0.1) is 6.20 Å². The van der Waals surface area contributed by atoms with Gasteiger partial charge in [-0.3, -0.25) is 4.79 Å². The molecule has 2 aromatic rings. The maximum absolute atomic E-state index is 13.7. The molecule has 2 aromatic heterocycles. The van der Waals surface area contributed by atoms with Crippen LogP contribution in [-0.4, -0.2) is 32.2 Å². The molecule has 0 unspecified atom stereocenters. The molecule has 0 aliphatic rings. The van der Waals surface area contributed by atoms with Gasteiger partial charge >= 0.3 is 0 Å². The van der Waals surface area contributed by atoms with Crippen LogP contribution in [-0.2, 0) is 0 Å². The predicted molar refractivity (Wildman–Crippen MR) is 66.4 cm³/mol. The van der Waals surface area contributed by atoms with Crippen molar-refractivity contribution in [1.29, 1.82) is 0 Å². The Morgan fingerprint density at radius 2 is 2.37 bits per heavy atom. The summed E-state index contributed by atoms with van der Waals surface area (Å²) in [6.45, 7) is 2.67. The average molecular weight is 264 g/mol. The summed E-state index contributed by atoms with van der Waals surface area (Å²) in [5.41, 5.74) is 5.13. The zero-order valence-electron chi connectivity index (χ0n) is 10.3. The lowest BCUT2D eigenvalue weighted by Crippen LogP contribution is -2.13. The van der Waals surface area contributed by atoms with Crippen LogP contribution in [0.3, 0.4) is 0 Å². The molecular weight excluding hydrogens is 251 g/mol. The third kappa shape index (κ3) is 2.84. The number of nitrogens with two attached hydrogens (primary N) is 1. The van der Waals surface area contributed by atoms with Gasteiger partial charge in [-0.2, -0.15) is 10.1 Å². The van der Waals surface area contributed by atoms with Gasteiger partial charge in [-0.15, -0.1) is 0 Å². The molecule has 2 rings (SSSR count). The number of carbonyl (C=O) groups excluding carboxylic acids is 1. The highest BCUT2D eigenvalue weighted by atomic mass is 19.1.